The monoisotopic (exact) mass is 336 g/mol. The Kier molecular flexibility index (Phi) is 3.56. The van der Waals surface area contributed by atoms with Crippen molar-refractivity contribution in [1.29, 1.82) is 0 Å². The van der Waals surface area contributed by atoms with Crippen LogP contribution in [0.15, 0.2) is 27.1 Å². The van der Waals surface area contributed by atoms with Crippen LogP contribution < -0.4 is 11.1 Å². The van der Waals surface area contributed by atoms with Gasteiger partial charge >= 0.3 is 0 Å². The molecule has 20 heavy (non-hydrogen) atoms. The van der Waals surface area contributed by atoms with E-state index in [4.69, 9.17) is 10.2 Å². The lowest BCUT2D eigenvalue weighted by Gasteiger charge is -2.10. The van der Waals surface area contributed by atoms with Gasteiger partial charge in [0.1, 0.15) is 5.58 Å². The zero-order chi connectivity index (χ0) is 14.3. The van der Waals surface area contributed by atoms with Crippen LogP contribution in [0.1, 0.15) is 29.0 Å². The fourth-order valence-electron chi connectivity index (χ4n) is 2.39. The van der Waals surface area contributed by atoms with Crippen molar-refractivity contribution in [2.45, 2.75) is 25.8 Å². The molecule has 1 aliphatic carbocycles. The van der Waals surface area contributed by atoms with Gasteiger partial charge in [0.25, 0.3) is 5.91 Å². The van der Waals surface area contributed by atoms with E-state index in [0.29, 0.717) is 18.2 Å². The molecule has 1 saturated carbocycles. The van der Waals surface area contributed by atoms with Crippen LogP contribution >= 0.6 is 15.9 Å². The molecule has 5 heteroatoms. The zero-order valence-electron chi connectivity index (χ0n) is 11.3. The number of amides is 1. The fourth-order valence-corrected chi connectivity index (χ4v) is 2.75. The number of carbonyl (C=O) groups excluding carboxylic acids is 1. The molecule has 0 spiro atoms. The summed E-state index contributed by atoms with van der Waals surface area (Å²) in [6.07, 6.45) is 2.35. The summed E-state index contributed by atoms with van der Waals surface area (Å²) in [5, 5.41) is 3.82. The Hall–Kier alpha value is -1.33. The lowest BCUT2D eigenvalue weighted by atomic mass is 10.1. The highest BCUT2D eigenvalue weighted by Crippen LogP contribution is 2.31. The second kappa shape index (κ2) is 5.22. The Morgan fingerprint density at radius 3 is 3.00 bits per heavy atom. The lowest BCUT2D eigenvalue weighted by molar-refractivity contribution is 0.0924. The van der Waals surface area contributed by atoms with Crippen LogP contribution in [0.3, 0.4) is 0 Å². The van der Waals surface area contributed by atoms with Gasteiger partial charge in [-0.3, -0.25) is 4.79 Å². The van der Waals surface area contributed by atoms with E-state index < -0.39 is 0 Å². The summed E-state index contributed by atoms with van der Waals surface area (Å²) in [6, 6.07) is 5.77. The first-order valence-corrected chi connectivity index (χ1v) is 7.58. The van der Waals surface area contributed by atoms with Crippen molar-refractivity contribution in [3.63, 3.8) is 0 Å². The molecule has 0 saturated heterocycles. The highest BCUT2D eigenvalue weighted by molar-refractivity contribution is 9.10. The first-order valence-electron chi connectivity index (χ1n) is 6.78. The van der Waals surface area contributed by atoms with Crippen LogP contribution in [0.5, 0.6) is 0 Å². The number of hydrogen-bond acceptors (Lipinski definition) is 3. The van der Waals surface area contributed by atoms with Crippen molar-refractivity contribution >= 4 is 32.8 Å². The van der Waals surface area contributed by atoms with Gasteiger partial charge in [-0.25, -0.2) is 0 Å². The minimum Gasteiger partial charge on any atom is -0.451 e. The van der Waals surface area contributed by atoms with Gasteiger partial charge in [0.15, 0.2) is 5.76 Å². The summed E-state index contributed by atoms with van der Waals surface area (Å²) < 4.78 is 6.62. The Labute approximate surface area is 125 Å². The van der Waals surface area contributed by atoms with Gasteiger partial charge in [-0.05, 0) is 43.9 Å². The van der Waals surface area contributed by atoms with Gasteiger partial charge in [-0.2, -0.15) is 0 Å². The first-order chi connectivity index (χ1) is 9.56. The summed E-state index contributed by atoms with van der Waals surface area (Å²) in [6.45, 7) is 2.40. The van der Waals surface area contributed by atoms with Crippen molar-refractivity contribution in [3.8, 4) is 0 Å². The van der Waals surface area contributed by atoms with Gasteiger partial charge in [0, 0.05) is 28.0 Å². The maximum atomic E-state index is 12.2. The van der Waals surface area contributed by atoms with Gasteiger partial charge in [-0.15, -0.1) is 0 Å². The van der Waals surface area contributed by atoms with Crippen LogP contribution in [0.4, 0.5) is 0 Å². The maximum Gasteiger partial charge on any atom is 0.287 e. The van der Waals surface area contributed by atoms with Gasteiger partial charge < -0.3 is 15.5 Å². The fraction of sp³-hybridized carbons (Fsp3) is 0.400. The second-order valence-electron chi connectivity index (χ2n) is 5.41. The van der Waals surface area contributed by atoms with Gasteiger partial charge in [0.2, 0.25) is 0 Å². The molecule has 0 aliphatic heterocycles. The SMILES string of the molecule is Cc1c(C(=O)NCC(N)C2CC2)oc2ccc(Br)cc12. The molecule has 1 heterocycles. The molecule has 2 aromatic rings. The topological polar surface area (TPSA) is 68.3 Å². The summed E-state index contributed by atoms with van der Waals surface area (Å²) in [7, 11) is 0. The van der Waals surface area contributed by atoms with Crippen molar-refractivity contribution in [1.82, 2.24) is 5.32 Å². The molecular weight excluding hydrogens is 320 g/mol. The second-order valence-corrected chi connectivity index (χ2v) is 6.32. The number of nitrogens with one attached hydrogen (secondary N) is 1. The Morgan fingerprint density at radius 2 is 2.30 bits per heavy atom. The highest BCUT2D eigenvalue weighted by Gasteiger charge is 2.29. The smallest absolute Gasteiger partial charge is 0.287 e. The number of hydrogen-bond donors (Lipinski definition) is 2. The molecule has 0 bridgehead atoms. The maximum absolute atomic E-state index is 12.2. The number of aryl methyl sites for hydroxylation is 1. The standard InChI is InChI=1S/C15H17BrN2O2/c1-8-11-6-10(16)4-5-13(11)20-14(8)15(19)18-7-12(17)9-2-3-9/h4-6,9,12H,2-3,7,17H2,1H3,(H,18,19). The summed E-state index contributed by atoms with van der Waals surface area (Å²) >= 11 is 3.43. The number of furan rings is 1. The van der Waals surface area contributed by atoms with Crippen LogP contribution in [-0.4, -0.2) is 18.5 Å². The van der Waals surface area contributed by atoms with E-state index in [9.17, 15) is 4.79 Å². The van der Waals surface area contributed by atoms with E-state index in [1.807, 2.05) is 25.1 Å². The molecule has 106 valence electrons. The average molecular weight is 337 g/mol. The minimum absolute atomic E-state index is 0.0535. The lowest BCUT2D eigenvalue weighted by Crippen LogP contribution is -2.38. The Morgan fingerprint density at radius 1 is 1.55 bits per heavy atom. The first kappa shape index (κ1) is 13.6. The van der Waals surface area contributed by atoms with Crippen molar-refractivity contribution < 1.29 is 9.21 Å². The Balaban J connectivity index is 1.78. The molecule has 1 aromatic carbocycles. The minimum atomic E-state index is -0.189. The molecule has 3 rings (SSSR count). The third-order valence-corrected chi connectivity index (χ3v) is 4.32. The van der Waals surface area contributed by atoms with Crippen LogP contribution in [0, 0.1) is 12.8 Å². The van der Waals surface area contributed by atoms with Crippen LogP contribution in [-0.2, 0) is 0 Å². The highest BCUT2D eigenvalue weighted by atomic mass is 79.9. The number of benzene rings is 1. The molecular formula is C15H17BrN2O2. The van der Waals surface area contributed by atoms with Crippen LogP contribution in [0.2, 0.25) is 0 Å². The summed E-state index contributed by atoms with van der Waals surface area (Å²) in [5.41, 5.74) is 7.57. The third kappa shape index (κ3) is 2.60. The third-order valence-electron chi connectivity index (χ3n) is 3.83. The molecule has 0 radical (unpaired) electrons. The van der Waals surface area contributed by atoms with Gasteiger partial charge in [0.05, 0.1) is 0 Å². The largest absolute Gasteiger partial charge is 0.451 e. The zero-order valence-corrected chi connectivity index (χ0v) is 12.9. The molecule has 1 unspecified atom stereocenters. The summed E-state index contributed by atoms with van der Waals surface area (Å²) in [5.74, 6) is 0.759. The predicted octanol–water partition coefficient (Wildman–Crippen LogP) is 2.97. The quantitative estimate of drug-likeness (QED) is 0.901. The number of carbonyl (C=O) groups is 1. The molecule has 4 nitrogen and oxygen atoms in total. The van der Waals surface area contributed by atoms with E-state index in [-0.39, 0.29) is 11.9 Å². The van der Waals surface area contributed by atoms with Crippen LogP contribution in [0.25, 0.3) is 11.0 Å². The molecule has 1 aliphatic rings. The number of nitrogens with two attached hydrogens (primary N) is 1. The molecule has 1 amide bonds. The summed E-state index contributed by atoms with van der Waals surface area (Å²) in [4.78, 5) is 12.2. The van der Waals surface area contributed by atoms with E-state index >= 15 is 0 Å². The molecule has 1 atom stereocenters. The van der Waals surface area contributed by atoms with E-state index in [1.54, 1.807) is 0 Å². The number of halogens is 1. The Bertz CT molecular complexity index is 661. The number of rotatable bonds is 4. The average Bonchev–Trinajstić information content (AvgIpc) is 3.22. The predicted molar refractivity (Wildman–Crippen MR) is 81.7 cm³/mol. The van der Waals surface area contributed by atoms with E-state index in [0.717, 1.165) is 21.0 Å². The van der Waals surface area contributed by atoms with Crippen molar-refractivity contribution in [2.24, 2.45) is 11.7 Å². The van der Waals surface area contributed by atoms with Crippen molar-refractivity contribution in [3.05, 3.63) is 34.0 Å². The molecule has 1 fully saturated rings. The molecule has 1 aromatic heterocycles. The normalized spacial score (nSPS) is 16.4. The van der Waals surface area contributed by atoms with Crippen molar-refractivity contribution in [2.75, 3.05) is 6.54 Å². The van der Waals surface area contributed by atoms with E-state index in [2.05, 4.69) is 21.2 Å². The van der Waals surface area contributed by atoms with Gasteiger partial charge in [-0.1, -0.05) is 15.9 Å². The van der Waals surface area contributed by atoms with E-state index in [1.165, 1.54) is 12.8 Å². The number of fused-ring (bicyclic) bond motifs is 1. The molecule has 3 N–H and O–H groups in total.